The highest BCUT2D eigenvalue weighted by Crippen LogP contribution is 2.31. The Labute approximate surface area is 110 Å². The predicted molar refractivity (Wildman–Crippen MR) is 72.3 cm³/mol. The summed E-state index contributed by atoms with van der Waals surface area (Å²) in [5, 5.41) is 4.59. The normalized spacial score (nSPS) is 10.6. The van der Waals surface area contributed by atoms with Crippen LogP contribution in [0, 0.1) is 6.92 Å². The van der Waals surface area contributed by atoms with Crippen molar-refractivity contribution < 1.29 is 4.74 Å². The molecule has 3 nitrogen and oxygen atoms in total. The van der Waals surface area contributed by atoms with Gasteiger partial charge in [0.15, 0.2) is 0 Å². The number of hydrogen-bond acceptors (Lipinski definition) is 2. The number of halogens is 1. The van der Waals surface area contributed by atoms with Gasteiger partial charge in [0.2, 0.25) is 0 Å². The van der Waals surface area contributed by atoms with Crippen LogP contribution in [-0.2, 0) is 6.54 Å². The van der Waals surface area contributed by atoms with Gasteiger partial charge in [-0.15, -0.1) is 0 Å². The number of hydrogen-bond donors (Lipinski definition) is 0. The first kappa shape index (κ1) is 12.2. The molecule has 0 aliphatic heterocycles. The number of rotatable bonds is 3. The minimum Gasteiger partial charge on any atom is -0.497 e. The predicted octanol–water partition coefficient (Wildman–Crippen LogP) is 3.65. The van der Waals surface area contributed by atoms with Crippen molar-refractivity contribution in [2.45, 2.75) is 20.4 Å². The van der Waals surface area contributed by atoms with Crippen LogP contribution < -0.4 is 4.74 Å². The summed E-state index contributed by atoms with van der Waals surface area (Å²) in [5.41, 5.74) is 3.17. The highest BCUT2D eigenvalue weighted by Gasteiger charge is 2.13. The lowest BCUT2D eigenvalue weighted by Crippen LogP contribution is -1.98. The van der Waals surface area contributed by atoms with Crippen LogP contribution in [0.15, 0.2) is 28.7 Å². The quantitative estimate of drug-likeness (QED) is 0.864. The van der Waals surface area contributed by atoms with Gasteiger partial charge in [-0.2, -0.15) is 5.10 Å². The third-order valence-corrected chi connectivity index (χ3v) is 3.73. The molecule has 0 saturated heterocycles. The van der Waals surface area contributed by atoms with Crippen molar-refractivity contribution in [2.24, 2.45) is 0 Å². The van der Waals surface area contributed by atoms with E-state index >= 15 is 0 Å². The molecule has 0 aliphatic rings. The van der Waals surface area contributed by atoms with Crippen molar-refractivity contribution in [2.75, 3.05) is 7.11 Å². The molecule has 4 heteroatoms. The van der Waals surface area contributed by atoms with Crippen molar-refractivity contribution in [3.8, 4) is 17.0 Å². The van der Waals surface area contributed by atoms with Crippen LogP contribution in [-0.4, -0.2) is 16.9 Å². The molecule has 0 spiro atoms. The fraction of sp³-hybridized carbons (Fsp3) is 0.308. The monoisotopic (exact) mass is 294 g/mol. The smallest absolute Gasteiger partial charge is 0.119 e. The van der Waals surface area contributed by atoms with Crippen molar-refractivity contribution in [1.82, 2.24) is 9.78 Å². The Morgan fingerprint density at radius 3 is 2.76 bits per heavy atom. The molecule has 0 aliphatic carbocycles. The van der Waals surface area contributed by atoms with E-state index in [0.29, 0.717) is 0 Å². The second-order valence-corrected chi connectivity index (χ2v) is 4.59. The van der Waals surface area contributed by atoms with Crippen molar-refractivity contribution >= 4 is 15.9 Å². The average Bonchev–Trinajstić information content (AvgIpc) is 2.66. The number of aryl methyl sites for hydroxylation is 1. The molecule has 2 aromatic rings. The van der Waals surface area contributed by atoms with E-state index in [4.69, 9.17) is 4.74 Å². The standard InChI is InChI=1S/C13H15BrN2O/c1-4-16-9(2)12(14)13(15-16)10-6-5-7-11(8-10)17-3/h5-8H,4H2,1-3H3. The third kappa shape index (κ3) is 2.22. The molecular formula is C13H15BrN2O. The number of benzene rings is 1. The lowest BCUT2D eigenvalue weighted by molar-refractivity contribution is 0.415. The first-order valence-electron chi connectivity index (χ1n) is 5.54. The lowest BCUT2D eigenvalue weighted by Gasteiger charge is -2.02. The van der Waals surface area contributed by atoms with Crippen LogP contribution in [0.1, 0.15) is 12.6 Å². The van der Waals surface area contributed by atoms with Gasteiger partial charge in [-0.1, -0.05) is 12.1 Å². The van der Waals surface area contributed by atoms with Gasteiger partial charge in [-0.05, 0) is 41.9 Å². The van der Waals surface area contributed by atoms with Gasteiger partial charge in [0, 0.05) is 12.1 Å². The molecule has 0 atom stereocenters. The van der Waals surface area contributed by atoms with E-state index in [2.05, 4.69) is 34.9 Å². The Bertz CT molecular complexity index is 534. The number of methoxy groups -OCH3 is 1. The van der Waals surface area contributed by atoms with Crippen LogP contribution in [0.25, 0.3) is 11.3 Å². The van der Waals surface area contributed by atoms with E-state index in [1.807, 2.05) is 28.9 Å². The van der Waals surface area contributed by atoms with Gasteiger partial charge >= 0.3 is 0 Å². The molecule has 1 aromatic heterocycles. The number of ether oxygens (including phenoxy) is 1. The van der Waals surface area contributed by atoms with Gasteiger partial charge in [0.05, 0.1) is 17.3 Å². The van der Waals surface area contributed by atoms with Crippen LogP contribution in [0.5, 0.6) is 5.75 Å². The number of nitrogens with zero attached hydrogens (tertiary/aromatic N) is 2. The lowest BCUT2D eigenvalue weighted by atomic mass is 10.1. The van der Waals surface area contributed by atoms with E-state index in [1.165, 1.54) is 0 Å². The highest BCUT2D eigenvalue weighted by atomic mass is 79.9. The van der Waals surface area contributed by atoms with Crippen molar-refractivity contribution in [3.05, 3.63) is 34.4 Å². The van der Waals surface area contributed by atoms with Crippen molar-refractivity contribution in [3.63, 3.8) is 0 Å². The van der Waals surface area contributed by atoms with Crippen LogP contribution in [0.2, 0.25) is 0 Å². The minimum atomic E-state index is 0.845. The SMILES string of the molecule is CCn1nc(-c2cccc(OC)c2)c(Br)c1C. The maximum Gasteiger partial charge on any atom is 0.119 e. The molecule has 1 aromatic carbocycles. The van der Waals surface area contributed by atoms with E-state index in [0.717, 1.165) is 33.7 Å². The van der Waals surface area contributed by atoms with Gasteiger partial charge < -0.3 is 4.74 Å². The molecule has 0 radical (unpaired) electrons. The zero-order chi connectivity index (χ0) is 12.4. The second-order valence-electron chi connectivity index (χ2n) is 3.80. The molecule has 0 saturated carbocycles. The summed E-state index contributed by atoms with van der Waals surface area (Å²) in [6, 6.07) is 7.93. The Kier molecular flexibility index (Phi) is 3.52. The summed E-state index contributed by atoms with van der Waals surface area (Å²) in [6.45, 7) is 5.01. The zero-order valence-electron chi connectivity index (χ0n) is 10.2. The van der Waals surface area contributed by atoms with E-state index in [9.17, 15) is 0 Å². The van der Waals surface area contributed by atoms with Crippen LogP contribution in [0.3, 0.4) is 0 Å². The van der Waals surface area contributed by atoms with Gasteiger partial charge in [0.1, 0.15) is 11.4 Å². The fourth-order valence-corrected chi connectivity index (χ4v) is 2.30. The summed E-state index contributed by atoms with van der Waals surface area (Å²) in [4.78, 5) is 0. The van der Waals surface area contributed by atoms with Crippen LogP contribution >= 0.6 is 15.9 Å². The Morgan fingerprint density at radius 1 is 1.41 bits per heavy atom. The molecule has 0 N–H and O–H groups in total. The maximum absolute atomic E-state index is 5.23. The highest BCUT2D eigenvalue weighted by molar-refractivity contribution is 9.10. The molecule has 0 amide bonds. The van der Waals surface area contributed by atoms with E-state index in [1.54, 1.807) is 7.11 Å². The molecular weight excluding hydrogens is 280 g/mol. The summed E-state index contributed by atoms with van der Waals surface area (Å²) >= 11 is 3.60. The summed E-state index contributed by atoms with van der Waals surface area (Å²) in [5.74, 6) is 0.845. The maximum atomic E-state index is 5.23. The minimum absolute atomic E-state index is 0.845. The average molecular weight is 295 g/mol. The summed E-state index contributed by atoms with van der Waals surface area (Å²) in [7, 11) is 1.67. The Hall–Kier alpha value is -1.29. The summed E-state index contributed by atoms with van der Waals surface area (Å²) in [6.07, 6.45) is 0. The first-order chi connectivity index (χ1) is 8.17. The van der Waals surface area contributed by atoms with E-state index < -0.39 is 0 Å². The molecule has 17 heavy (non-hydrogen) atoms. The zero-order valence-corrected chi connectivity index (χ0v) is 11.8. The first-order valence-corrected chi connectivity index (χ1v) is 6.34. The summed E-state index contributed by atoms with van der Waals surface area (Å²) < 4.78 is 8.26. The molecule has 1 heterocycles. The topological polar surface area (TPSA) is 27.1 Å². The molecule has 90 valence electrons. The Balaban J connectivity index is 2.52. The van der Waals surface area contributed by atoms with Crippen molar-refractivity contribution in [1.29, 1.82) is 0 Å². The number of aromatic nitrogens is 2. The largest absolute Gasteiger partial charge is 0.497 e. The second kappa shape index (κ2) is 4.92. The molecule has 0 unspecified atom stereocenters. The Morgan fingerprint density at radius 2 is 2.18 bits per heavy atom. The molecule has 2 rings (SSSR count). The third-order valence-electron chi connectivity index (χ3n) is 2.78. The molecule has 0 fully saturated rings. The van der Waals surface area contributed by atoms with E-state index in [-0.39, 0.29) is 0 Å². The van der Waals surface area contributed by atoms with Crippen LogP contribution in [0.4, 0.5) is 0 Å². The van der Waals surface area contributed by atoms with Gasteiger partial charge in [-0.25, -0.2) is 0 Å². The fourth-order valence-electron chi connectivity index (χ4n) is 1.79. The van der Waals surface area contributed by atoms with Gasteiger partial charge in [0.25, 0.3) is 0 Å². The van der Waals surface area contributed by atoms with Gasteiger partial charge in [-0.3, -0.25) is 4.68 Å². The molecule has 0 bridgehead atoms.